The van der Waals surface area contributed by atoms with E-state index in [1.807, 2.05) is 25.1 Å². The van der Waals surface area contributed by atoms with Gasteiger partial charge in [0.05, 0.1) is 18.1 Å². The van der Waals surface area contributed by atoms with E-state index in [0.29, 0.717) is 19.4 Å². The van der Waals surface area contributed by atoms with Crippen molar-refractivity contribution in [1.29, 1.82) is 0 Å². The van der Waals surface area contributed by atoms with Crippen LogP contribution < -0.4 is 15.4 Å². The van der Waals surface area contributed by atoms with Crippen LogP contribution in [0.15, 0.2) is 22.7 Å². The molecular formula is C15H21BrN2O3. The monoisotopic (exact) mass is 356 g/mol. The highest BCUT2D eigenvalue weighted by Crippen LogP contribution is 2.25. The topological polar surface area (TPSA) is 67.4 Å². The molecule has 0 radical (unpaired) electrons. The molecule has 5 nitrogen and oxygen atoms in total. The van der Waals surface area contributed by atoms with E-state index in [4.69, 9.17) is 4.74 Å². The molecular weight excluding hydrogens is 336 g/mol. The molecule has 0 atom stereocenters. The maximum Gasteiger partial charge on any atom is 0.239 e. The van der Waals surface area contributed by atoms with E-state index >= 15 is 0 Å². The molecule has 0 aromatic heterocycles. The van der Waals surface area contributed by atoms with Crippen LogP contribution in [0.4, 0.5) is 0 Å². The second-order valence-corrected chi connectivity index (χ2v) is 5.45. The normalized spacial score (nSPS) is 10.0. The number of nitrogens with one attached hydrogen (secondary N) is 2. The lowest BCUT2D eigenvalue weighted by atomic mass is 10.1. The summed E-state index contributed by atoms with van der Waals surface area (Å²) in [4.78, 5) is 23.0. The third kappa shape index (κ3) is 6.62. The van der Waals surface area contributed by atoms with E-state index < -0.39 is 0 Å². The van der Waals surface area contributed by atoms with Crippen molar-refractivity contribution in [3.8, 4) is 5.75 Å². The summed E-state index contributed by atoms with van der Waals surface area (Å²) in [5.41, 5.74) is 1.04. The van der Waals surface area contributed by atoms with Crippen molar-refractivity contribution < 1.29 is 14.3 Å². The first kappa shape index (κ1) is 17.5. The quantitative estimate of drug-likeness (QED) is 0.748. The predicted molar refractivity (Wildman–Crippen MR) is 85.3 cm³/mol. The number of aryl methyl sites for hydroxylation is 1. The van der Waals surface area contributed by atoms with Gasteiger partial charge in [-0.2, -0.15) is 0 Å². The van der Waals surface area contributed by atoms with Crippen LogP contribution in [-0.4, -0.2) is 32.0 Å². The number of ether oxygens (including phenoxy) is 1. The molecule has 0 aliphatic carbocycles. The van der Waals surface area contributed by atoms with Crippen molar-refractivity contribution in [3.05, 3.63) is 28.2 Å². The van der Waals surface area contributed by atoms with Crippen molar-refractivity contribution in [2.75, 3.05) is 20.2 Å². The summed E-state index contributed by atoms with van der Waals surface area (Å²) >= 11 is 3.41. The van der Waals surface area contributed by atoms with Crippen LogP contribution in [0.25, 0.3) is 0 Å². The molecule has 0 bridgehead atoms. The number of methoxy groups -OCH3 is 1. The number of carbonyl (C=O) groups is 2. The molecule has 116 valence electrons. The van der Waals surface area contributed by atoms with Crippen LogP contribution >= 0.6 is 15.9 Å². The number of amides is 2. The van der Waals surface area contributed by atoms with Crippen molar-refractivity contribution in [1.82, 2.24) is 10.6 Å². The van der Waals surface area contributed by atoms with Gasteiger partial charge in [-0.05, 0) is 46.5 Å². The zero-order chi connectivity index (χ0) is 15.7. The highest BCUT2D eigenvalue weighted by atomic mass is 79.9. The molecule has 0 aliphatic rings. The van der Waals surface area contributed by atoms with Crippen LogP contribution in [-0.2, 0) is 16.0 Å². The molecule has 0 unspecified atom stereocenters. The molecule has 1 aromatic rings. The molecule has 2 N–H and O–H groups in total. The Kier molecular flexibility index (Phi) is 7.82. The third-order valence-electron chi connectivity index (χ3n) is 2.88. The summed E-state index contributed by atoms with van der Waals surface area (Å²) in [5, 5.41) is 5.32. The standard InChI is InChI=1S/C15H21BrN2O3/c1-3-8-17-15(20)10-18-14(19)7-5-11-4-6-13(21-2)12(16)9-11/h4,6,9H,3,5,7-8,10H2,1-2H3,(H,17,20)(H,18,19). The van der Waals surface area contributed by atoms with Crippen molar-refractivity contribution in [3.63, 3.8) is 0 Å². The fourth-order valence-corrected chi connectivity index (χ4v) is 2.31. The molecule has 1 rings (SSSR count). The highest BCUT2D eigenvalue weighted by Gasteiger charge is 2.07. The van der Waals surface area contributed by atoms with Crippen LogP contribution in [0.1, 0.15) is 25.3 Å². The number of halogens is 1. The summed E-state index contributed by atoms with van der Waals surface area (Å²) in [6.07, 6.45) is 1.84. The Labute approximate surface area is 133 Å². The van der Waals surface area contributed by atoms with Gasteiger partial charge < -0.3 is 15.4 Å². The Bertz CT molecular complexity index is 492. The third-order valence-corrected chi connectivity index (χ3v) is 3.49. The molecule has 2 amide bonds. The molecule has 6 heteroatoms. The Morgan fingerprint density at radius 2 is 2.00 bits per heavy atom. The molecule has 21 heavy (non-hydrogen) atoms. The Morgan fingerprint density at radius 3 is 2.62 bits per heavy atom. The average molecular weight is 357 g/mol. The molecule has 0 saturated carbocycles. The van der Waals surface area contributed by atoms with E-state index in [1.165, 1.54) is 0 Å². The molecule has 0 spiro atoms. The van der Waals surface area contributed by atoms with Gasteiger partial charge in [0, 0.05) is 13.0 Å². The zero-order valence-electron chi connectivity index (χ0n) is 12.4. The molecule has 0 fully saturated rings. The van der Waals surface area contributed by atoms with Gasteiger partial charge in [0.15, 0.2) is 0 Å². The first-order valence-corrected chi connectivity index (χ1v) is 7.72. The lowest BCUT2D eigenvalue weighted by molar-refractivity contribution is -0.126. The number of rotatable bonds is 8. The van der Waals surface area contributed by atoms with Gasteiger partial charge in [-0.1, -0.05) is 13.0 Å². The SMILES string of the molecule is CCCNC(=O)CNC(=O)CCc1ccc(OC)c(Br)c1. The number of hydrogen-bond donors (Lipinski definition) is 2. The molecule has 0 saturated heterocycles. The van der Waals surface area contributed by atoms with Gasteiger partial charge in [0.2, 0.25) is 11.8 Å². The van der Waals surface area contributed by atoms with Gasteiger partial charge in [-0.25, -0.2) is 0 Å². The summed E-state index contributed by atoms with van der Waals surface area (Å²) < 4.78 is 6.01. The van der Waals surface area contributed by atoms with Crippen molar-refractivity contribution >= 4 is 27.7 Å². The smallest absolute Gasteiger partial charge is 0.239 e. The minimum Gasteiger partial charge on any atom is -0.496 e. The predicted octanol–water partition coefficient (Wildman–Crippen LogP) is 2.03. The van der Waals surface area contributed by atoms with Crippen LogP contribution in [0, 0.1) is 0 Å². The first-order valence-electron chi connectivity index (χ1n) is 6.92. The number of hydrogen-bond acceptors (Lipinski definition) is 3. The zero-order valence-corrected chi connectivity index (χ0v) is 14.0. The largest absolute Gasteiger partial charge is 0.496 e. The minimum atomic E-state index is -0.155. The number of carbonyl (C=O) groups excluding carboxylic acids is 2. The lowest BCUT2D eigenvalue weighted by Crippen LogP contribution is -2.37. The van der Waals surface area contributed by atoms with Gasteiger partial charge in [-0.3, -0.25) is 9.59 Å². The maximum atomic E-state index is 11.7. The molecule has 0 aliphatic heterocycles. The van der Waals surface area contributed by atoms with Gasteiger partial charge in [0.1, 0.15) is 5.75 Å². The summed E-state index contributed by atoms with van der Waals surface area (Å²) in [6, 6.07) is 5.71. The minimum absolute atomic E-state index is 0.0329. The Balaban J connectivity index is 2.33. The summed E-state index contributed by atoms with van der Waals surface area (Å²) in [5.74, 6) is 0.474. The van der Waals surface area contributed by atoms with Crippen LogP contribution in [0.5, 0.6) is 5.75 Å². The van der Waals surface area contributed by atoms with E-state index in [9.17, 15) is 9.59 Å². The fraction of sp³-hybridized carbons (Fsp3) is 0.467. The van der Waals surface area contributed by atoms with Gasteiger partial charge in [-0.15, -0.1) is 0 Å². The van der Waals surface area contributed by atoms with Crippen LogP contribution in [0.2, 0.25) is 0 Å². The second kappa shape index (κ2) is 9.39. The maximum absolute atomic E-state index is 11.7. The average Bonchev–Trinajstić information content (AvgIpc) is 2.48. The highest BCUT2D eigenvalue weighted by molar-refractivity contribution is 9.10. The fourth-order valence-electron chi connectivity index (χ4n) is 1.72. The Morgan fingerprint density at radius 1 is 1.24 bits per heavy atom. The summed E-state index contributed by atoms with van der Waals surface area (Å²) in [7, 11) is 1.61. The van der Waals surface area contributed by atoms with E-state index in [-0.39, 0.29) is 18.4 Å². The lowest BCUT2D eigenvalue weighted by Gasteiger charge is -2.07. The van der Waals surface area contributed by atoms with Crippen LogP contribution in [0.3, 0.4) is 0 Å². The van der Waals surface area contributed by atoms with Gasteiger partial charge >= 0.3 is 0 Å². The summed E-state index contributed by atoms with van der Waals surface area (Å²) in [6.45, 7) is 2.64. The molecule has 0 heterocycles. The van der Waals surface area contributed by atoms with Crippen molar-refractivity contribution in [2.45, 2.75) is 26.2 Å². The number of benzene rings is 1. The van der Waals surface area contributed by atoms with Gasteiger partial charge in [0.25, 0.3) is 0 Å². The van der Waals surface area contributed by atoms with Crippen molar-refractivity contribution in [2.24, 2.45) is 0 Å². The molecule has 1 aromatic carbocycles. The van der Waals surface area contributed by atoms with E-state index in [0.717, 1.165) is 22.2 Å². The first-order chi connectivity index (χ1) is 10.1. The second-order valence-electron chi connectivity index (χ2n) is 4.60. The Hall–Kier alpha value is -1.56. The van der Waals surface area contributed by atoms with E-state index in [1.54, 1.807) is 7.11 Å². The van der Waals surface area contributed by atoms with E-state index in [2.05, 4.69) is 26.6 Å².